The lowest BCUT2D eigenvalue weighted by atomic mass is 10.1. The van der Waals surface area contributed by atoms with Gasteiger partial charge >= 0.3 is 11.9 Å². The molecule has 1 atom stereocenters. The van der Waals surface area contributed by atoms with Gasteiger partial charge in [0.05, 0.1) is 13.0 Å². The normalized spacial score (nSPS) is 13.5. The lowest BCUT2D eigenvalue weighted by Crippen LogP contribution is -2.30. The summed E-state index contributed by atoms with van der Waals surface area (Å²) in [6.45, 7) is 7.32. The first-order valence-corrected chi connectivity index (χ1v) is 25.4. The van der Waals surface area contributed by atoms with Gasteiger partial charge in [-0.3, -0.25) is 9.59 Å². The predicted octanol–water partition coefficient (Wildman–Crippen LogP) is 17.3. The Morgan fingerprint density at radius 1 is 0.375 bits per heavy atom. The highest BCUT2D eigenvalue weighted by molar-refractivity contribution is 5.71. The Kier molecular flexibility index (Phi) is 49.6. The highest BCUT2D eigenvalue weighted by Gasteiger charge is 2.17. The van der Waals surface area contributed by atoms with E-state index in [0.717, 1.165) is 135 Å². The van der Waals surface area contributed by atoms with Crippen molar-refractivity contribution in [2.45, 2.75) is 194 Å². The van der Waals surface area contributed by atoms with Crippen molar-refractivity contribution in [1.29, 1.82) is 0 Å². The molecule has 0 heterocycles. The molecule has 5 nitrogen and oxygen atoms in total. The smallest absolute Gasteiger partial charge is 0.309 e. The van der Waals surface area contributed by atoms with Gasteiger partial charge < -0.3 is 14.2 Å². The minimum Gasteiger partial charge on any atom is -0.461 e. The van der Waals surface area contributed by atoms with Crippen LogP contribution in [0, 0.1) is 0 Å². The molecule has 5 heteroatoms. The van der Waals surface area contributed by atoms with Gasteiger partial charge in [-0.2, -0.15) is 0 Å². The number of rotatable bonds is 44. The van der Waals surface area contributed by atoms with Gasteiger partial charge in [0.15, 0.2) is 6.10 Å². The molecule has 0 aromatic carbocycles. The second-order valence-electron chi connectivity index (χ2n) is 16.0. The summed E-state index contributed by atoms with van der Waals surface area (Å²) < 4.78 is 17.2. The van der Waals surface area contributed by atoms with Gasteiger partial charge in [0.1, 0.15) is 6.61 Å². The second kappa shape index (κ2) is 53.1. The van der Waals surface area contributed by atoms with Gasteiger partial charge in [0, 0.05) is 13.0 Å². The van der Waals surface area contributed by atoms with E-state index in [0.29, 0.717) is 13.0 Å². The van der Waals surface area contributed by atoms with Crippen molar-refractivity contribution in [2.24, 2.45) is 0 Å². The second-order valence-corrected chi connectivity index (χ2v) is 16.0. The minimum atomic E-state index is -0.608. The summed E-state index contributed by atoms with van der Waals surface area (Å²) in [5.74, 6) is -0.589. The molecule has 0 N–H and O–H groups in total. The summed E-state index contributed by atoms with van der Waals surface area (Å²) >= 11 is 0. The number of hydrogen-bond acceptors (Lipinski definition) is 5. The molecule has 0 aliphatic heterocycles. The Morgan fingerprint density at radius 2 is 0.750 bits per heavy atom. The van der Waals surface area contributed by atoms with Crippen LogP contribution >= 0.6 is 0 Å². The van der Waals surface area contributed by atoms with E-state index in [9.17, 15) is 9.59 Å². The summed E-state index contributed by atoms with van der Waals surface area (Å²) in [5.41, 5.74) is 0. The molecule has 0 amide bonds. The van der Waals surface area contributed by atoms with E-state index in [2.05, 4.69) is 154 Å². The van der Waals surface area contributed by atoms with Crippen LogP contribution in [0.15, 0.2) is 146 Å². The van der Waals surface area contributed by atoms with E-state index in [1.165, 1.54) is 19.3 Å². The summed E-state index contributed by atoms with van der Waals surface area (Å²) in [6.07, 6.45) is 77.4. The number of carbonyl (C=O) groups excluding carboxylic acids is 2. The molecule has 0 saturated heterocycles. The van der Waals surface area contributed by atoms with Crippen LogP contribution in [0.4, 0.5) is 0 Å². The third kappa shape index (κ3) is 50.4. The first-order valence-electron chi connectivity index (χ1n) is 25.4. The van der Waals surface area contributed by atoms with Gasteiger partial charge in [-0.1, -0.05) is 205 Å². The molecule has 358 valence electrons. The molecular formula is C59H92O5. The largest absolute Gasteiger partial charge is 0.461 e. The maximum Gasteiger partial charge on any atom is 0.309 e. The first kappa shape index (κ1) is 59.8. The van der Waals surface area contributed by atoms with Gasteiger partial charge in [-0.05, 0) is 116 Å². The van der Waals surface area contributed by atoms with Crippen LogP contribution in [0.3, 0.4) is 0 Å². The number of carbonyl (C=O) groups is 2. The Labute approximate surface area is 393 Å². The molecule has 0 fully saturated rings. The number of esters is 2. The summed E-state index contributed by atoms with van der Waals surface area (Å²) in [5, 5.41) is 0. The van der Waals surface area contributed by atoms with Crippen LogP contribution in [0.1, 0.15) is 188 Å². The molecule has 1 unspecified atom stereocenters. The molecule has 0 rings (SSSR count). The van der Waals surface area contributed by atoms with E-state index in [-0.39, 0.29) is 31.6 Å². The molecule has 0 saturated carbocycles. The highest BCUT2D eigenvalue weighted by Crippen LogP contribution is 2.11. The van der Waals surface area contributed by atoms with Crippen molar-refractivity contribution >= 4 is 11.9 Å². The van der Waals surface area contributed by atoms with Gasteiger partial charge in [-0.15, -0.1) is 0 Å². The van der Waals surface area contributed by atoms with Gasteiger partial charge in [0.25, 0.3) is 0 Å². The molecular weight excluding hydrogens is 789 g/mol. The van der Waals surface area contributed by atoms with E-state index < -0.39 is 6.10 Å². The molecule has 0 aromatic heterocycles. The SMILES string of the molecule is CC/C=C\C/C=C\C/C=C\C/C=C\C/C=C\CCCCCCOCC(COC(=O)C/C=C\C/C=C\C/C=C\C/C=C\C/C=C\CC)OC(=O)CCCCCCC/C=C\C/C=C\CCC. The van der Waals surface area contributed by atoms with Gasteiger partial charge in [-0.25, -0.2) is 0 Å². The summed E-state index contributed by atoms with van der Waals surface area (Å²) in [6, 6.07) is 0. The van der Waals surface area contributed by atoms with Crippen LogP contribution in [0.5, 0.6) is 0 Å². The van der Waals surface area contributed by atoms with Crippen molar-refractivity contribution < 1.29 is 23.8 Å². The molecule has 0 aliphatic carbocycles. The van der Waals surface area contributed by atoms with Crippen LogP contribution in [-0.4, -0.2) is 37.9 Å². The summed E-state index contributed by atoms with van der Waals surface area (Å²) in [4.78, 5) is 25.3. The van der Waals surface area contributed by atoms with E-state index in [4.69, 9.17) is 14.2 Å². The fourth-order valence-corrected chi connectivity index (χ4v) is 6.17. The quantitative estimate of drug-likeness (QED) is 0.0347. The van der Waals surface area contributed by atoms with Crippen LogP contribution in [-0.2, 0) is 23.8 Å². The number of allylic oxidation sites excluding steroid dienone is 23. The van der Waals surface area contributed by atoms with Crippen LogP contribution in [0.2, 0.25) is 0 Å². The van der Waals surface area contributed by atoms with E-state index in [1.54, 1.807) is 0 Å². The fourth-order valence-electron chi connectivity index (χ4n) is 6.17. The first-order chi connectivity index (χ1) is 31.6. The zero-order chi connectivity index (χ0) is 46.3. The summed E-state index contributed by atoms with van der Waals surface area (Å²) in [7, 11) is 0. The van der Waals surface area contributed by atoms with Crippen molar-refractivity contribution in [3.05, 3.63) is 146 Å². The highest BCUT2D eigenvalue weighted by atomic mass is 16.6. The molecule has 0 bridgehead atoms. The molecule has 64 heavy (non-hydrogen) atoms. The lowest BCUT2D eigenvalue weighted by molar-refractivity contribution is -0.162. The Morgan fingerprint density at radius 3 is 1.20 bits per heavy atom. The number of ether oxygens (including phenoxy) is 3. The third-order valence-corrected chi connectivity index (χ3v) is 9.85. The topological polar surface area (TPSA) is 61.8 Å². The molecule has 0 radical (unpaired) electrons. The molecule has 0 aromatic rings. The van der Waals surface area contributed by atoms with Gasteiger partial charge in [0.2, 0.25) is 0 Å². The molecule has 0 spiro atoms. The van der Waals surface area contributed by atoms with Crippen molar-refractivity contribution in [3.8, 4) is 0 Å². The average molecular weight is 881 g/mol. The van der Waals surface area contributed by atoms with Crippen molar-refractivity contribution in [2.75, 3.05) is 19.8 Å². The monoisotopic (exact) mass is 881 g/mol. The lowest BCUT2D eigenvalue weighted by Gasteiger charge is -2.18. The maximum absolute atomic E-state index is 12.8. The van der Waals surface area contributed by atoms with E-state index >= 15 is 0 Å². The third-order valence-electron chi connectivity index (χ3n) is 9.85. The zero-order valence-corrected chi connectivity index (χ0v) is 41.0. The standard InChI is InChI=1S/C59H92O5/c1-4-7-10-13-16-19-22-25-27-28-29-30-31-33-36-39-42-45-48-51-54-62-55-57(64-59(61)53-50-47-44-41-38-34-24-21-18-15-12-9-6-3)56-63-58(60)52-49-46-43-40-37-35-32-26-23-20-17-14-11-8-5-2/h7-8,10-12,15-17,19-21,24-27,29-30,32-33,36-37,40,46,49,57H,4-6,9,13-14,18,22-23,28,31,34-35,38-39,41-45,47-48,50-56H2,1-3H3/b10-7-,11-8-,15-12-,19-16-,20-17-,24-21-,27-25-,30-29-,32-26-,36-33-,40-37-,49-46-. The average Bonchev–Trinajstić information content (AvgIpc) is 3.30. The fraction of sp³-hybridized carbons (Fsp3) is 0.559. The number of hydrogen-bond donors (Lipinski definition) is 0. The Bertz CT molecular complexity index is 1410. The van der Waals surface area contributed by atoms with Crippen molar-refractivity contribution in [1.82, 2.24) is 0 Å². The van der Waals surface area contributed by atoms with Crippen LogP contribution < -0.4 is 0 Å². The zero-order valence-electron chi connectivity index (χ0n) is 41.0. The maximum atomic E-state index is 12.8. The Hall–Kier alpha value is -4.22. The van der Waals surface area contributed by atoms with Crippen molar-refractivity contribution in [3.63, 3.8) is 0 Å². The minimum absolute atomic E-state index is 0.00441. The molecule has 0 aliphatic rings. The predicted molar refractivity (Wildman–Crippen MR) is 278 cm³/mol. The Balaban J connectivity index is 4.48. The number of unbranched alkanes of at least 4 members (excludes halogenated alkanes) is 10. The van der Waals surface area contributed by atoms with Crippen LogP contribution in [0.25, 0.3) is 0 Å². The van der Waals surface area contributed by atoms with E-state index in [1.807, 2.05) is 12.2 Å².